The van der Waals surface area contributed by atoms with Crippen molar-refractivity contribution in [2.45, 2.75) is 19.9 Å². The van der Waals surface area contributed by atoms with Crippen molar-refractivity contribution in [1.82, 2.24) is 14.8 Å². The van der Waals surface area contributed by atoms with Crippen molar-refractivity contribution in [2.75, 3.05) is 7.11 Å². The molecule has 5 nitrogen and oxygen atoms in total. The first-order chi connectivity index (χ1) is 7.65. The Kier molecular flexibility index (Phi) is 2.60. The molecule has 0 bridgehead atoms. The maximum atomic E-state index is 11.5. The number of aromatic nitrogens is 3. The van der Waals surface area contributed by atoms with E-state index in [1.165, 1.54) is 7.11 Å². The highest BCUT2D eigenvalue weighted by atomic mass is 16.5. The number of hydrogen-bond donors (Lipinski definition) is 0. The Hall–Kier alpha value is -1.91. The van der Waals surface area contributed by atoms with Crippen LogP contribution in [0.15, 0.2) is 18.5 Å². The van der Waals surface area contributed by atoms with Crippen molar-refractivity contribution in [2.24, 2.45) is 0 Å². The first-order valence-electron chi connectivity index (χ1n) is 5.05. The van der Waals surface area contributed by atoms with Gasteiger partial charge in [0.2, 0.25) is 0 Å². The van der Waals surface area contributed by atoms with E-state index in [4.69, 9.17) is 4.74 Å². The normalized spacial score (nSPS) is 11.0. The molecule has 0 aliphatic heterocycles. The first-order valence-corrected chi connectivity index (χ1v) is 5.05. The van der Waals surface area contributed by atoms with Crippen molar-refractivity contribution in [3.63, 3.8) is 0 Å². The van der Waals surface area contributed by atoms with Crippen molar-refractivity contribution in [3.8, 4) is 0 Å². The standard InChI is InChI=1S/C11H13N3O2/c1-7(2)14-10-9(6-13-14)8(4-5-12-10)11(15)16-3/h4-7H,1-3H3. The zero-order chi connectivity index (χ0) is 11.7. The van der Waals surface area contributed by atoms with Gasteiger partial charge in [-0.05, 0) is 19.9 Å². The molecule has 2 rings (SSSR count). The molecular formula is C11H13N3O2. The predicted octanol–water partition coefficient (Wildman–Crippen LogP) is 1.80. The van der Waals surface area contributed by atoms with E-state index in [0.29, 0.717) is 11.2 Å². The van der Waals surface area contributed by atoms with E-state index in [1.807, 2.05) is 13.8 Å². The van der Waals surface area contributed by atoms with Crippen LogP contribution in [-0.4, -0.2) is 27.8 Å². The van der Waals surface area contributed by atoms with Gasteiger partial charge in [0, 0.05) is 12.2 Å². The van der Waals surface area contributed by atoms with Gasteiger partial charge in [-0.2, -0.15) is 5.10 Å². The molecule has 2 aromatic heterocycles. The minimum Gasteiger partial charge on any atom is -0.465 e. The second-order valence-corrected chi connectivity index (χ2v) is 3.77. The van der Waals surface area contributed by atoms with Crippen LogP contribution in [0.5, 0.6) is 0 Å². The van der Waals surface area contributed by atoms with Gasteiger partial charge in [0.25, 0.3) is 0 Å². The summed E-state index contributed by atoms with van der Waals surface area (Å²) in [7, 11) is 1.36. The molecule has 5 heteroatoms. The maximum Gasteiger partial charge on any atom is 0.338 e. The highest BCUT2D eigenvalue weighted by Gasteiger charge is 2.15. The predicted molar refractivity (Wildman–Crippen MR) is 59.3 cm³/mol. The Morgan fingerprint density at radius 3 is 2.88 bits per heavy atom. The van der Waals surface area contributed by atoms with Crippen molar-refractivity contribution >= 4 is 17.0 Å². The molecule has 0 aliphatic carbocycles. The average Bonchev–Trinajstić information content (AvgIpc) is 2.71. The van der Waals surface area contributed by atoms with Gasteiger partial charge in [0.05, 0.1) is 24.3 Å². The molecule has 0 aromatic carbocycles. The van der Waals surface area contributed by atoms with Crippen LogP contribution in [0.1, 0.15) is 30.2 Å². The summed E-state index contributed by atoms with van der Waals surface area (Å²) >= 11 is 0. The molecule has 0 fully saturated rings. The number of pyridine rings is 1. The van der Waals surface area contributed by atoms with Crippen LogP contribution in [0, 0.1) is 0 Å². The van der Waals surface area contributed by atoms with Gasteiger partial charge >= 0.3 is 5.97 Å². The molecule has 2 aromatic rings. The molecule has 16 heavy (non-hydrogen) atoms. The topological polar surface area (TPSA) is 57.0 Å². The minimum absolute atomic E-state index is 0.206. The van der Waals surface area contributed by atoms with Crippen molar-refractivity contribution < 1.29 is 9.53 Å². The van der Waals surface area contributed by atoms with Gasteiger partial charge in [-0.1, -0.05) is 0 Å². The number of ether oxygens (including phenoxy) is 1. The molecule has 0 amide bonds. The van der Waals surface area contributed by atoms with E-state index < -0.39 is 0 Å². The number of carbonyl (C=O) groups excluding carboxylic acids is 1. The van der Waals surface area contributed by atoms with Crippen LogP contribution in [0.3, 0.4) is 0 Å². The lowest BCUT2D eigenvalue weighted by Gasteiger charge is -2.06. The molecule has 0 unspecified atom stereocenters. The Labute approximate surface area is 93.0 Å². The summed E-state index contributed by atoms with van der Waals surface area (Å²) in [6.45, 7) is 4.03. The fourth-order valence-corrected chi connectivity index (χ4v) is 1.61. The Bertz CT molecular complexity index is 531. The molecule has 0 saturated carbocycles. The molecular weight excluding hydrogens is 206 g/mol. The fourth-order valence-electron chi connectivity index (χ4n) is 1.61. The second kappa shape index (κ2) is 3.92. The summed E-state index contributed by atoms with van der Waals surface area (Å²) < 4.78 is 6.49. The average molecular weight is 219 g/mol. The van der Waals surface area contributed by atoms with Gasteiger partial charge < -0.3 is 4.74 Å². The molecule has 0 N–H and O–H groups in total. The number of carbonyl (C=O) groups is 1. The zero-order valence-corrected chi connectivity index (χ0v) is 9.47. The summed E-state index contributed by atoms with van der Waals surface area (Å²) in [5.41, 5.74) is 1.21. The lowest BCUT2D eigenvalue weighted by molar-refractivity contribution is 0.0603. The summed E-state index contributed by atoms with van der Waals surface area (Å²) in [6, 6.07) is 1.85. The third-order valence-corrected chi connectivity index (χ3v) is 2.39. The number of fused-ring (bicyclic) bond motifs is 1. The summed E-state index contributed by atoms with van der Waals surface area (Å²) in [5, 5.41) is 4.94. The first kappa shape index (κ1) is 10.6. The van der Waals surface area contributed by atoms with E-state index in [1.54, 1.807) is 23.1 Å². The van der Waals surface area contributed by atoms with Crippen molar-refractivity contribution in [3.05, 3.63) is 24.0 Å². The molecule has 84 valence electrons. The third-order valence-electron chi connectivity index (χ3n) is 2.39. The smallest absolute Gasteiger partial charge is 0.338 e. The van der Waals surface area contributed by atoms with Gasteiger partial charge in [-0.3, -0.25) is 0 Å². The minimum atomic E-state index is -0.365. The van der Waals surface area contributed by atoms with Crippen LogP contribution < -0.4 is 0 Å². The quantitative estimate of drug-likeness (QED) is 0.723. The molecule has 0 spiro atoms. The van der Waals surface area contributed by atoms with E-state index in [9.17, 15) is 4.79 Å². The van der Waals surface area contributed by atoms with Crippen LogP contribution in [0.4, 0.5) is 0 Å². The Balaban J connectivity index is 2.66. The lowest BCUT2D eigenvalue weighted by atomic mass is 10.2. The second-order valence-electron chi connectivity index (χ2n) is 3.77. The molecule has 0 aliphatic rings. The Morgan fingerprint density at radius 1 is 1.50 bits per heavy atom. The molecule has 0 radical (unpaired) electrons. The van der Waals surface area contributed by atoms with Gasteiger partial charge in [-0.25, -0.2) is 14.5 Å². The number of hydrogen-bond acceptors (Lipinski definition) is 4. The maximum absolute atomic E-state index is 11.5. The monoisotopic (exact) mass is 219 g/mol. The molecule has 2 heterocycles. The van der Waals surface area contributed by atoms with E-state index in [0.717, 1.165) is 5.39 Å². The van der Waals surface area contributed by atoms with E-state index >= 15 is 0 Å². The van der Waals surface area contributed by atoms with Crippen LogP contribution >= 0.6 is 0 Å². The number of methoxy groups -OCH3 is 1. The largest absolute Gasteiger partial charge is 0.465 e. The van der Waals surface area contributed by atoms with Gasteiger partial charge in [0.1, 0.15) is 0 Å². The summed E-state index contributed by atoms with van der Waals surface area (Å²) in [4.78, 5) is 15.8. The van der Waals surface area contributed by atoms with E-state index in [-0.39, 0.29) is 12.0 Å². The van der Waals surface area contributed by atoms with Crippen molar-refractivity contribution in [1.29, 1.82) is 0 Å². The highest BCUT2D eigenvalue weighted by molar-refractivity contribution is 6.02. The third kappa shape index (κ3) is 1.54. The highest BCUT2D eigenvalue weighted by Crippen LogP contribution is 2.19. The number of rotatable bonds is 2. The van der Waals surface area contributed by atoms with E-state index in [2.05, 4.69) is 10.1 Å². The molecule has 0 atom stereocenters. The number of esters is 1. The molecule has 0 saturated heterocycles. The fraction of sp³-hybridized carbons (Fsp3) is 0.364. The van der Waals surface area contributed by atoms with Gasteiger partial charge in [-0.15, -0.1) is 0 Å². The van der Waals surface area contributed by atoms with Gasteiger partial charge in [0.15, 0.2) is 5.65 Å². The summed E-state index contributed by atoms with van der Waals surface area (Å²) in [5.74, 6) is -0.365. The Morgan fingerprint density at radius 2 is 2.25 bits per heavy atom. The van der Waals surface area contributed by atoms with Crippen LogP contribution in [0.2, 0.25) is 0 Å². The number of nitrogens with zero attached hydrogens (tertiary/aromatic N) is 3. The SMILES string of the molecule is COC(=O)c1ccnc2c1cnn2C(C)C. The van der Waals surface area contributed by atoms with Crippen LogP contribution in [-0.2, 0) is 4.74 Å². The zero-order valence-electron chi connectivity index (χ0n) is 9.47. The summed E-state index contributed by atoms with van der Waals surface area (Å²) in [6.07, 6.45) is 3.24. The van der Waals surface area contributed by atoms with Crippen LogP contribution in [0.25, 0.3) is 11.0 Å². The lowest BCUT2D eigenvalue weighted by Crippen LogP contribution is -2.05.